The third-order valence-corrected chi connectivity index (χ3v) is 4.22. The van der Waals surface area contributed by atoms with Crippen LogP contribution < -0.4 is 15.8 Å². The van der Waals surface area contributed by atoms with Crippen molar-refractivity contribution >= 4 is 35.6 Å². The van der Waals surface area contributed by atoms with Gasteiger partial charge in [-0.2, -0.15) is 0 Å². The zero-order valence-corrected chi connectivity index (χ0v) is 14.8. The van der Waals surface area contributed by atoms with E-state index in [0.717, 1.165) is 19.3 Å². The maximum atomic E-state index is 12.1. The number of benzene rings is 1. The quantitative estimate of drug-likeness (QED) is 0.730. The molecule has 1 aromatic carbocycles. The number of hydrogen-bond donors (Lipinski definition) is 2. The number of carbonyl (C=O) groups excluding carboxylic acids is 1. The third-order valence-electron chi connectivity index (χ3n) is 3.93. The predicted molar refractivity (Wildman–Crippen MR) is 94.6 cm³/mol. The number of carbonyl (C=O) groups is 1. The van der Waals surface area contributed by atoms with Crippen molar-refractivity contribution in [2.45, 2.75) is 31.7 Å². The first kappa shape index (κ1) is 20.0. The summed E-state index contributed by atoms with van der Waals surface area (Å²) < 4.78 is 10.4. The van der Waals surface area contributed by atoms with E-state index in [9.17, 15) is 4.79 Å². The van der Waals surface area contributed by atoms with Crippen molar-refractivity contribution < 1.29 is 14.3 Å². The van der Waals surface area contributed by atoms with Gasteiger partial charge in [-0.15, -0.1) is 12.4 Å². The van der Waals surface area contributed by atoms with Gasteiger partial charge in [0.1, 0.15) is 12.4 Å². The Bertz CT molecular complexity index is 514. The monoisotopic (exact) mass is 362 g/mol. The molecular weight excluding hydrogens is 339 g/mol. The molecule has 0 bridgehead atoms. The number of methoxy groups -OCH3 is 1. The molecule has 0 aromatic heterocycles. The van der Waals surface area contributed by atoms with Crippen LogP contribution in [0.15, 0.2) is 18.2 Å². The van der Waals surface area contributed by atoms with Crippen molar-refractivity contribution in [1.82, 2.24) is 0 Å². The number of rotatable bonds is 7. The smallest absolute Gasteiger partial charge is 0.224 e. The Morgan fingerprint density at radius 3 is 2.78 bits per heavy atom. The summed E-state index contributed by atoms with van der Waals surface area (Å²) in [7, 11) is 1.61. The van der Waals surface area contributed by atoms with Crippen LogP contribution in [0.2, 0.25) is 5.02 Å². The molecule has 0 radical (unpaired) electrons. The normalized spacial score (nSPS) is 20.0. The fourth-order valence-electron chi connectivity index (χ4n) is 2.70. The van der Waals surface area contributed by atoms with Gasteiger partial charge in [0.2, 0.25) is 5.91 Å². The Morgan fingerprint density at radius 1 is 1.39 bits per heavy atom. The van der Waals surface area contributed by atoms with E-state index in [1.54, 1.807) is 25.3 Å². The average Bonchev–Trinajstić information content (AvgIpc) is 2.87. The van der Waals surface area contributed by atoms with Gasteiger partial charge < -0.3 is 20.5 Å². The molecule has 1 saturated carbocycles. The summed E-state index contributed by atoms with van der Waals surface area (Å²) in [6.07, 6.45) is 3.61. The molecule has 1 fully saturated rings. The summed E-state index contributed by atoms with van der Waals surface area (Å²) in [6, 6.07) is 5.36. The highest BCUT2D eigenvalue weighted by Crippen LogP contribution is 2.29. The SMILES string of the molecule is COCCOc1ccc(NC(=O)C[C@@H]2CCC[C@H]2N)cc1Cl.Cl. The Labute approximate surface area is 148 Å². The number of nitrogens with one attached hydrogen (secondary N) is 1. The van der Waals surface area contributed by atoms with Crippen LogP contribution in [0.1, 0.15) is 25.7 Å². The highest BCUT2D eigenvalue weighted by atomic mass is 35.5. The Balaban J connectivity index is 0.00000264. The maximum Gasteiger partial charge on any atom is 0.224 e. The first-order valence-corrected chi connectivity index (χ1v) is 7.94. The van der Waals surface area contributed by atoms with E-state index in [0.29, 0.717) is 36.1 Å². The van der Waals surface area contributed by atoms with E-state index in [1.165, 1.54) is 0 Å². The van der Waals surface area contributed by atoms with Crippen LogP contribution in [0.3, 0.4) is 0 Å². The third kappa shape index (κ3) is 6.18. The Morgan fingerprint density at radius 2 is 2.17 bits per heavy atom. The first-order valence-electron chi connectivity index (χ1n) is 7.57. The standard InChI is InChI=1S/C16H23ClN2O3.ClH/c1-21-7-8-22-15-6-5-12(10-13(15)17)19-16(20)9-11-3-2-4-14(11)18;/h5-6,10-11,14H,2-4,7-9,18H2,1H3,(H,19,20);1H/t11-,14+;/m0./s1. The number of halogens is 2. The summed E-state index contributed by atoms with van der Waals surface area (Å²) in [5.74, 6) is 0.841. The van der Waals surface area contributed by atoms with Crippen molar-refractivity contribution in [3.8, 4) is 5.75 Å². The molecule has 7 heteroatoms. The summed E-state index contributed by atoms with van der Waals surface area (Å²) in [5, 5.41) is 3.33. The largest absolute Gasteiger partial charge is 0.490 e. The van der Waals surface area contributed by atoms with Crippen LogP contribution in [0.5, 0.6) is 5.75 Å². The first-order chi connectivity index (χ1) is 10.6. The Hall–Kier alpha value is -1.01. The minimum atomic E-state index is -0.0218. The summed E-state index contributed by atoms with van der Waals surface area (Å²) in [4.78, 5) is 12.1. The average molecular weight is 363 g/mol. The lowest BCUT2D eigenvalue weighted by Crippen LogP contribution is -2.28. The molecule has 23 heavy (non-hydrogen) atoms. The van der Waals surface area contributed by atoms with Crippen LogP contribution >= 0.6 is 24.0 Å². The second-order valence-electron chi connectivity index (χ2n) is 5.59. The molecule has 0 unspecified atom stereocenters. The number of amides is 1. The van der Waals surface area contributed by atoms with E-state index >= 15 is 0 Å². The van der Waals surface area contributed by atoms with Gasteiger partial charge in [0.15, 0.2) is 0 Å². The molecule has 3 N–H and O–H groups in total. The van der Waals surface area contributed by atoms with Crippen LogP contribution in [0.25, 0.3) is 0 Å². The van der Waals surface area contributed by atoms with Crippen molar-refractivity contribution in [2.75, 3.05) is 25.6 Å². The molecule has 5 nitrogen and oxygen atoms in total. The number of nitrogens with two attached hydrogens (primary N) is 1. The molecule has 0 aliphatic heterocycles. The summed E-state index contributed by atoms with van der Waals surface area (Å²) in [5.41, 5.74) is 6.66. The zero-order chi connectivity index (χ0) is 15.9. The topological polar surface area (TPSA) is 73.6 Å². The van der Waals surface area contributed by atoms with Gasteiger partial charge >= 0.3 is 0 Å². The number of hydrogen-bond acceptors (Lipinski definition) is 4. The van der Waals surface area contributed by atoms with E-state index in [4.69, 9.17) is 26.8 Å². The van der Waals surface area contributed by atoms with Crippen molar-refractivity contribution in [3.63, 3.8) is 0 Å². The maximum absolute atomic E-state index is 12.1. The summed E-state index contributed by atoms with van der Waals surface area (Å²) >= 11 is 6.15. The second kappa shape index (κ2) is 9.98. The second-order valence-corrected chi connectivity index (χ2v) is 6.00. The molecule has 0 spiro atoms. The number of anilines is 1. The van der Waals surface area contributed by atoms with E-state index in [-0.39, 0.29) is 30.3 Å². The van der Waals surface area contributed by atoms with E-state index in [1.807, 2.05) is 0 Å². The van der Waals surface area contributed by atoms with Gasteiger partial charge in [-0.3, -0.25) is 4.79 Å². The lowest BCUT2D eigenvalue weighted by Gasteiger charge is -2.15. The molecule has 1 aliphatic carbocycles. The fraction of sp³-hybridized carbons (Fsp3) is 0.562. The van der Waals surface area contributed by atoms with Crippen molar-refractivity contribution in [3.05, 3.63) is 23.2 Å². The molecule has 0 saturated heterocycles. The van der Waals surface area contributed by atoms with Gasteiger partial charge in [-0.05, 0) is 37.0 Å². The lowest BCUT2D eigenvalue weighted by atomic mass is 10.00. The van der Waals surface area contributed by atoms with Gasteiger partial charge in [-0.1, -0.05) is 18.0 Å². The molecule has 130 valence electrons. The van der Waals surface area contributed by atoms with Crippen LogP contribution in [0, 0.1) is 5.92 Å². The fourth-order valence-corrected chi connectivity index (χ4v) is 2.93. The van der Waals surface area contributed by atoms with Crippen LogP contribution in [0.4, 0.5) is 5.69 Å². The molecule has 2 rings (SSSR count). The van der Waals surface area contributed by atoms with Crippen molar-refractivity contribution in [2.24, 2.45) is 11.7 Å². The molecule has 1 amide bonds. The summed E-state index contributed by atoms with van der Waals surface area (Å²) in [6.45, 7) is 0.929. The van der Waals surface area contributed by atoms with E-state index < -0.39 is 0 Å². The van der Waals surface area contributed by atoms with Crippen LogP contribution in [-0.2, 0) is 9.53 Å². The zero-order valence-electron chi connectivity index (χ0n) is 13.2. The minimum Gasteiger partial charge on any atom is -0.490 e. The van der Waals surface area contributed by atoms with Gasteiger partial charge in [0.05, 0.1) is 11.6 Å². The molecule has 1 aromatic rings. The molecular formula is C16H24Cl2N2O3. The predicted octanol–water partition coefficient (Wildman–Crippen LogP) is 3.24. The van der Waals surface area contributed by atoms with Gasteiger partial charge in [0, 0.05) is 25.3 Å². The van der Waals surface area contributed by atoms with Crippen molar-refractivity contribution in [1.29, 1.82) is 0 Å². The lowest BCUT2D eigenvalue weighted by molar-refractivity contribution is -0.117. The number of ether oxygens (including phenoxy) is 2. The van der Waals surface area contributed by atoms with Gasteiger partial charge in [-0.25, -0.2) is 0 Å². The highest BCUT2D eigenvalue weighted by molar-refractivity contribution is 6.32. The van der Waals surface area contributed by atoms with Gasteiger partial charge in [0.25, 0.3) is 0 Å². The minimum absolute atomic E-state index is 0. The molecule has 2 atom stereocenters. The molecule has 0 heterocycles. The van der Waals surface area contributed by atoms with E-state index in [2.05, 4.69) is 5.32 Å². The van der Waals surface area contributed by atoms with Crippen LogP contribution in [-0.4, -0.2) is 32.3 Å². The molecule has 1 aliphatic rings. The Kier molecular flexibility index (Phi) is 8.69. The highest BCUT2D eigenvalue weighted by Gasteiger charge is 2.26.